The predicted molar refractivity (Wildman–Crippen MR) is 186 cm³/mol. The smallest absolute Gasteiger partial charge is 0.251 e. The van der Waals surface area contributed by atoms with E-state index < -0.39 is 23.7 Å². The van der Waals surface area contributed by atoms with Gasteiger partial charge < -0.3 is 34.1 Å². The van der Waals surface area contributed by atoms with Crippen molar-refractivity contribution in [2.24, 2.45) is 0 Å². The van der Waals surface area contributed by atoms with Crippen molar-refractivity contribution in [1.82, 2.24) is 14.9 Å². The number of methoxy groups -OCH3 is 3. The Morgan fingerprint density at radius 1 is 0.939 bits per heavy atom. The molecule has 0 spiro atoms. The molecule has 1 unspecified atom stereocenters. The molecule has 49 heavy (non-hydrogen) atoms. The number of morpholine rings is 1. The number of aromatic nitrogens is 2. The molecule has 1 N–H and O–H groups in total. The number of thioether (sulfide) groups is 1. The molecule has 1 atom stereocenters. The van der Waals surface area contributed by atoms with E-state index in [1.54, 1.807) is 30.3 Å². The molecule has 258 valence electrons. The first-order valence-electron chi connectivity index (χ1n) is 15.7. The summed E-state index contributed by atoms with van der Waals surface area (Å²) in [5, 5.41) is 3.41. The number of anilines is 2. The molecule has 1 saturated heterocycles. The van der Waals surface area contributed by atoms with Crippen molar-refractivity contribution in [1.29, 1.82) is 0 Å². The summed E-state index contributed by atoms with van der Waals surface area (Å²) in [4.78, 5) is 41.2. The van der Waals surface area contributed by atoms with Gasteiger partial charge >= 0.3 is 0 Å². The van der Waals surface area contributed by atoms with E-state index in [1.807, 2.05) is 44.2 Å². The summed E-state index contributed by atoms with van der Waals surface area (Å²) in [5.74, 6) is -0.672. The van der Waals surface area contributed by atoms with Crippen LogP contribution in [0.5, 0.6) is 17.2 Å². The lowest BCUT2D eigenvalue weighted by Crippen LogP contribution is -2.42. The number of carbonyl (C=O) groups excluding carboxylic acids is 2. The number of hydrogen-bond acceptors (Lipinski definition) is 10. The Labute approximate surface area is 289 Å². The molecule has 13 heteroatoms. The molecule has 4 aromatic rings. The average Bonchev–Trinajstić information content (AvgIpc) is 3.11. The van der Waals surface area contributed by atoms with Crippen molar-refractivity contribution in [2.45, 2.75) is 31.6 Å². The van der Waals surface area contributed by atoms with Gasteiger partial charge in [-0.25, -0.2) is 14.4 Å². The summed E-state index contributed by atoms with van der Waals surface area (Å²) in [5.41, 5.74) is 3.66. The van der Waals surface area contributed by atoms with Crippen LogP contribution in [0.1, 0.15) is 28.6 Å². The first-order chi connectivity index (χ1) is 23.7. The quantitative estimate of drug-likeness (QED) is 0.141. The van der Waals surface area contributed by atoms with E-state index in [0.29, 0.717) is 46.9 Å². The topological polar surface area (TPSA) is 115 Å². The van der Waals surface area contributed by atoms with E-state index in [2.05, 4.69) is 20.2 Å². The lowest BCUT2D eigenvalue weighted by atomic mass is 10.0. The highest BCUT2D eigenvalue weighted by Crippen LogP contribution is 2.41. The fourth-order valence-electron chi connectivity index (χ4n) is 5.62. The Kier molecular flexibility index (Phi) is 11.9. The monoisotopic (exact) mass is 689 g/mol. The van der Waals surface area contributed by atoms with E-state index in [-0.39, 0.29) is 17.9 Å². The fraction of sp³-hybridized carbons (Fsp3) is 0.333. The third-order valence-corrected chi connectivity index (χ3v) is 8.81. The van der Waals surface area contributed by atoms with Crippen LogP contribution in [-0.4, -0.2) is 80.1 Å². The summed E-state index contributed by atoms with van der Waals surface area (Å²) in [6.07, 6.45) is 0. The summed E-state index contributed by atoms with van der Waals surface area (Å²) < 4.78 is 37.4. The van der Waals surface area contributed by atoms with Gasteiger partial charge in [-0.05, 0) is 67.9 Å². The molecule has 0 bridgehead atoms. The normalized spacial score (nSPS) is 13.4. The van der Waals surface area contributed by atoms with E-state index in [1.165, 1.54) is 32.3 Å². The maximum atomic E-state index is 15.2. The van der Waals surface area contributed by atoms with Gasteiger partial charge in [-0.3, -0.25) is 9.59 Å². The zero-order valence-corrected chi connectivity index (χ0v) is 29.0. The Hall–Kier alpha value is -4.88. The van der Waals surface area contributed by atoms with Crippen LogP contribution in [-0.2, 0) is 20.9 Å². The predicted octanol–water partition coefficient (Wildman–Crippen LogP) is 5.60. The Balaban J connectivity index is 1.55. The van der Waals surface area contributed by atoms with Gasteiger partial charge in [0.05, 0.1) is 40.3 Å². The minimum atomic E-state index is -1.25. The number of aryl methyl sites for hydroxylation is 2. The van der Waals surface area contributed by atoms with Gasteiger partial charge in [-0.15, -0.1) is 0 Å². The zero-order chi connectivity index (χ0) is 34.9. The first kappa shape index (κ1) is 35.4. The first-order valence-corrected chi connectivity index (χ1v) is 16.7. The van der Waals surface area contributed by atoms with Crippen LogP contribution in [0, 0.1) is 19.7 Å². The molecule has 0 radical (unpaired) electrons. The summed E-state index contributed by atoms with van der Waals surface area (Å²) >= 11 is 1.14. The minimum Gasteiger partial charge on any atom is -0.493 e. The number of amides is 2. The lowest BCUT2D eigenvalue weighted by molar-refractivity contribution is -0.137. The molecule has 11 nitrogen and oxygen atoms in total. The maximum Gasteiger partial charge on any atom is 0.251 e. The highest BCUT2D eigenvalue weighted by molar-refractivity contribution is 7.99. The molecule has 1 aromatic heterocycles. The average molecular weight is 690 g/mol. The van der Waals surface area contributed by atoms with E-state index in [4.69, 9.17) is 18.9 Å². The van der Waals surface area contributed by atoms with Gasteiger partial charge in [-0.1, -0.05) is 30.0 Å². The number of nitrogens with one attached hydrogen (secondary N) is 1. The number of rotatable bonds is 13. The molecule has 1 fully saturated rings. The van der Waals surface area contributed by atoms with Gasteiger partial charge in [-0.2, -0.15) is 0 Å². The van der Waals surface area contributed by atoms with Crippen molar-refractivity contribution < 1.29 is 32.9 Å². The minimum absolute atomic E-state index is 0.111. The van der Waals surface area contributed by atoms with Crippen molar-refractivity contribution >= 4 is 35.0 Å². The van der Waals surface area contributed by atoms with Crippen LogP contribution in [0.25, 0.3) is 0 Å². The van der Waals surface area contributed by atoms with Crippen LogP contribution >= 0.6 is 11.8 Å². The number of hydrogen-bond donors (Lipinski definition) is 1. The van der Waals surface area contributed by atoms with Crippen LogP contribution in [0.4, 0.5) is 15.8 Å². The van der Waals surface area contributed by atoms with E-state index >= 15 is 4.39 Å². The Bertz CT molecular complexity index is 1720. The largest absolute Gasteiger partial charge is 0.493 e. The molecule has 2 amide bonds. The van der Waals surface area contributed by atoms with Gasteiger partial charge in [0.15, 0.2) is 16.7 Å². The summed E-state index contributed by atoms with van der Waals surface area (Å²) in [6.45, 7) is 6.33. The van der Waals surface area contributed by atoms with E-state index in [9.17, 15) is 9.59 Å². The molecular formula is C36H40FN5O6S. The number of nitrogens with zero attached hydrogens (tertiary/aromatic N) is 4. The maximum absolute atomic E-state index is 15.2. The standard InChI is InChI=1S/C36H40FN5O6S/c1-23-18-24(2)39-36(38-23)49-22-32(43)42(21-25-8-6-7-9-29(25)37)33(26-19-30(45-3)34(47-5)31(20-26)46-4)35(44)40-27-10-12-28(13-11-27)41-14-16-48-17-15-41/h6-13,18-20,33H,14-17,21-22H2,1-5H3,(H,40,44). The third-order valence-electron chi connectivity index (χ3n) is 7.98. The van der Waals surface area contributed by atoms with Crippen LogP contribution in [0.15, 0.2) is 71.9 Å². The second kappa shape index (κ2) is 16.5. The third kappa shape index (κ3) is 8.78. The summed E-state index contributed by atoms with van der Waals surface area (Å²) in [7, 11) is 4.41. The van der Waals surface area contributed by atoms with Crippen LogP contribution in [0.3, 0.4) is 0 Å². The Morgan fingerprint density at radius 3 is 2.16 bits per heavy atom. The fourth-order valence-corrected chi connectivity index (χ4v) is 6.46. The summed E-state index contributed by atoms with van der Waals surface area (Å²) in [6, 6.07) is 17.5. The lowest BCUT2D eigenvalue weighted by Gasteiger charge is -2.32. The van der Waals surface area contributed by atoms with Crippen molar-refractivity contribution in [3.63, 3.8) is 0 Å². The van der Waals surface area contributed by atoms with Gasteiger partial charge in [0.25, 0.3) is 5.91 Å². The van der Waals surface area contributed by atoms with Crippen LogP contribution < -0.4 is 24.4 Å². The number of ether oxygens (including phenoxy) is 4. The number of carbonyl (C=O) groups is 2. The van der Waals surface area contributed by atoms with Crippen molar-refractivity contribution in [2.75, 3.05) is 63.6 Å². The molecule has 1 aliphatic heterocycles. The molecule has 1 aliphatic rings. The number of benzene rings is 3. The zero-order valence-electron chi connectivity index (χ0n) is 28.2. The second-order valence-corrected chi connectivity index (χ2v) is 12.3. The van der Waals surface area contributed by atoms with Gasteiger partial charge in [0, 0.05) is 48.0 Å². The Morgan fingerprint density at radius 2 is 1.57 bits per heavy atom. The van der Waals surface area contributed by atoms with Gasteiger partial charge in [0.1, 0.15) is 11.9 Å². The molecule has 3 aromatic carbocycles. The van der Waals surface area contributed by atoms with Gasteiger partial charge in [0.2, 0.25) is 11.7 Å². The molecule has 0 saturated carbocycles. The van der Waals surface area contributed by atoms with E-state index in [0.717, 1.165) is 41.9 Å². The molecule has 0 aliphatic carbocycles. The molecular weight excluding hydrogens is 649 g/mol. The molecule has 5 rings (SSSR count). The highest BCUT2D eigenvalue weighted by Gasteiger charge is 2.34. The SMILES string of the molecule is COc1cc(C(C(=O)Nc2ccc(N3CCOCC3)cc2)N(Cc2ccccc2F)C(=O)CSc2nc(C)cc(C)n2)cc(OC)c1OC. The second-order valence-electron chi connectivity index (χ2n) is 11.3. The van der Waals surface area contributed by atoms with Crippen LogP contribution in [0.2, 0.25) is 0 Å². The van der Waals surface area contributed by atoms with Crippen molar-refractivity contribution in [3.8, 4) is 17.2 Å². The molecule has 2 heterocycles. The van der Waals surface area contributed by atoms with Crippen molar-refractivity contribution in [3.05, 3.63) is 95.1 Å². The highest BCUT2D eigenvalue weighted by atomic mass is 32.2. The number of halogens is 1.